The highest BCUT2D eigenvalue weighted by atomic mass is 16.4. The number of carboxylic acid groups (broad SMARTS) is 1. The Bertz CT molecular complexity index is 1050. The number of fused-ring (bicyclic) bond motifs is 1. The Morgan fingerprint density at radius 2 is 1.68 bits per heavy atom. The molecule has 0 saturated heterocycles. The fourth-order valence-electron chi connectivity index (χ4n) is 2.98. The molecule has 28 heavy (non-hydrogen) atoms. The van der Waals surface area contributed by atoms with Gasteiger partial charge in [0.05, 0.1) is 0 Å². The van der Waals surface area contributed by atoms with Crippen molar-refractivity contribution in [2.45, 2.75) is 19.4 Å². The molecule has 3 aromatic rings. The van der Waals surface area contributed by atoms with Crippen molar-refractivity contribution in [1.29, 1.82) is 0 Å². The van der Waals surface area contributed by atoms with Gasteiger partial charge in [0.2, 0.25) is 5.91 Å². The summed E-state index contributed by atoms with van der Waals surface area (Å²) in [6, 6.07) is 18.8. The maximum atomic E-state index is 12.5. The summed E-state index contributed by atoms with van der Waals surface area (Å²) in [6.07, 6.45) is 0.164. The molecule has 0 aromatic heterocycles. The van der Waals surface area contributed by atoms with Crippen LogP contribution < -0.4 is 10.6 Å². The van der Waals surface area contributed by atoms with Crippen LogP contribution in [-0.2, 0) is 16.0 Å². The smallest absolute Gasteiger partial charge is 0.326 e. The fraction of sp³-hybridized carbons (Fsp3) is 0.136. The molecule has 0 radical (unpaired) electrons. The third-order valence-corrected chi connectivity index (χ3v) is 4.30. The number of carbonyl (C=O) groups excluding carboxylic acids is 2. The zero-order valence-electron chi connectivity index (χ0n) is 15.3. The molecule has 0 aliphatic carbocycles. The molecule has 2 amide bonds. The van der Waals surface area contributed by atoms with Gasteiger partial charge in [0.15, 0.2) is 0 Å². The molecule has 1 atom stereocenters. The van der Waals surface area contributed by atoms with Crippen LogP contribution in [0.25, 0.3) is 10.8 Å². The van der Waals surface area contributed by atoms with Crippen LogP contribution in [0.2, 0.25) is 0 Å². The van der Waals surface area contributed by atoms with E-state index in [-0.39, 0.29) is 17.9 Å². The molecule has 0 aliphatic heterocycles. The third-order valence-electron chi connectivity index (χ3n) is 4.30. The quantitative estimate of drug-likeness (QED) is 0.615. The number of aliphatic carboxylic acids is 1. The normalized spacial score (nSPS) is 11.6. The molecule has 0 fully saturated rings. The highest BCUT2D eigenvalue weighted by Crippen LogP contribution is 2.17. The second-order valence-corrected chi connectivity index (χ2v) is 6.51. The van der Waals surface area contributed by atoms with Crippen LogP contribution in [-0.4, -0.2) is 28.9 Å². The Hall–Kier alpha value is -3.67. The first-order chi connectivity index (χ1) is 13.4. The van der Waals surface area contributed by atoms with Crippen LogP contribution in [0.1, 0.15) is 22.8 Å². The molecule has 6 nitrogen and oxygen atoms in total. The standard InChI is InChI=1S/C22H20N2O4/c1-14(25)23-19-8-4-7-18(13-19)21(26)24-20(22(27)28)12-15-9-10-16-5-2-3-6-17(16)11-15/h2-11,13,20H,12H2,1H3,(H,23,25)(H,24,26)(H,27,28)/t20-/m0/s1. The first-order valence-corrected chi connectivity index (χ1v) is 8.81. The third kappa shape index (κ3) is 4.73. The largest absolute Gasteiger partial charge is 0.480 e. The van der Waals surface area contributed by atoms with Crippen molar-refractivity contribution < 1.29 is 19.5 Å². The first kappa shape index (κ1) is 19.1. The molecule has 3 N–H and O–H groups in total. The van der Waals surface area contributed by atoms with Crippen LogP contribution in [0.3, 0.4) is 0 Å². The predicted octanol–water partition coefficient (Wildman–Crippen LogP) is 3.22. The van der Waals surface area contributed by atoms with Gasteiger partial charge in [0, 0.05) is 24.6 Å². The number of hydrogen-bond donors (Lipinski definition) is 3. The van der Waals surface area contributed by atoms with Gasteiger partial charge in [-0.3, -0.25) is 9.59 Å². The summed E-state index contributed by atoms with van der Waals surface area (Å²) in [7, 11) is 0. The van der Waals surface area contributed by atoms with Crippen molar-refractivity contribution in [2.24, 2.45) is 0 Å². The van der Waals surface area contributed by atoms with Gasteiger partial charge >= 0.3 is 5.97 Å². The van der Waals surface area contributed by atoms with Crippen molar-refractivity contribution in [3.05, 3.63) is 77.9 Å². The van der Waals surface area contributed by atoms with E-state index in [0.29, 0.717) is 5.69 Å². The van der Waals surface area contributed by atoms with Gasteiger partial charge in [-0.2, -0.15) is 0 Å². The molecule has 142 valence electrons. The van der Waals surface area contributed by atoms with E-state index < -0.39 is 17.9 Å². The van der Waals surface area contributed by atoms with E-state index in [2.05, 4.69) is 10.6 Å². The highest BCUT2D eigenvalue weighted by Gasteiger charge is 2.21. The van der Waals surface area contributed by atoms with Crippen LogP contribution in [0.4, 0.5) is 5.69 Å². The average molecular weight is 376 g/mol. The van der Waals surface area contributed by atoms with Gasteiger partial charge < -0.3 is 15.7 Å². The summed E-state index contributed by atoms with van der Waals surface area (Å²) < 4.78 is 0. The molecule has 0 bridgehead atoms. The predicted molar refractivity (Wildman–Crippen MR) is 107 cm³/mol. The van der Waals surface area contributed by atoms with Crippen LogP contribution >= 0.6 is 0 Å². The molecule has 0 saturated carbocycles. The lowest BCUT2D eigenvalue weighted by molar-refractivity contribution is -0.139. The number of carboxylic acids is 1. The molecule has 0 spiro atoms. The van der Waals surface area contributed by atoms with Crippen LogP contribution in [0.15, 0.2) is 66.7 Å². The number of benzene rings is 3. The second-order valence-electron chi connectivity index (χ2n) is 6.51. The van der Waals surface area contributed by atoms with Crippen molar-refractivity contribution in [1.82, 2.24) is 5.32 Å². The van der Waals surface area contributed by atoms with E-state index in [9.17, 15) is 19.5 Å². The van der Waals surface area contributed by atoms with Crippen LogP contribution in [0.5, 0.6) is 0 Å². The number of carbonyl (C=O) groups is 3. The van der Waals surface area contributed by atoms with Crippen LogP contribution in [0, 0.1) is 0 Å². The molecule has 6 heteroatoms. The van der Waals surface area contributed by atoms with Gasteiger partial charge in [-0.25, -0.2) is 4.79 Å². The highest BCUT2D eigenvalue weighted by molar-refractivity contribution is 5.98. The van der Waals surface area contributed by atoms with E-state index in [4.69, 9.17) is 0 Å². The molecule has 3 aromatic carbocycles. The summed E-state index contributed by atoms with van der Waals surface area (Å²) in [4.78, 5) is 35.4. The number of hydrogen-bond acceptors (Lipinski definition) is 3. The number of amides is 2. The number of nitrogens with one attached hydrogen (secondary N) is 2. The Morgan fingerprint density at radius 3 is 2.39 bits per heavy atom. The van der Waals surface area contributed by atoms with Gasteiger partial charge in [0.1, 0.15) is 6.04 Å². The van der Waals surface area contributed by atoms with Crippen molar-refractivity contribution in [2.75, 3.05) is 5.32 Å². The van der Waals surface area contributed by atoms with E-state index in [1.54, 1.807) is 18.2 Å². The Kier molecular flexibility index (Phi) is 5.69. The molecule has 0 aliphatic rings. The summed E-state index contributed by atoms with van der Waals surface area (Å²) in [5.74, 6) is -1.88. The van der Waals surface area contributed by atoms with E-state index in [1.165, 1.54) is 13.0 Å². The van der Waals surface area contributed by atoms with Gasteiger partial charge in [-0.1, -0.05) is 48.5 Å². The minimum atomic E-state index is -1.11. The van der Waals surface area contributed by atoms with E-state index in [0.717, 1.165) is 16.3 Å². The maximum Gasteiger partial charge on any atom is 0.326 e. The van der Waals surface area contributed by atoms with Crippen molar-refractivity contribution in [3.8, 4) is 0 Å². The van der Waals surface area contributed by atoms with Crippen molar-refractivity contribution >= 4 is 34.2 Å². The summed E-state index contributed by atoms with van der Waals surface area (Å²) >= 11 is 0. The summed E-state index contributed by atoms with van der Waals surface area (Å²) in [5.41, 5.74) is 1.57. The number of anilines is 1. The lowest BCUT2D eigenvalue weighted by Crippen LogP contribution is -2.42. The zero-order valence-corrected chi connectivity index (χ0v) is 15.3. The molecular weight excluding hydrogens is 356 g/mol. The van der Waals surface area contributed by atoms with Gasteiger partial charge in [-0.15, -0.1) is 0 Å². The van der Waals surface area contributed by atoms with E-state index in [1.807, 2.05) is 42.5 Å². The molecule has 0 heterocycles. The Labute approximate surface area is 162 Å². The minimum absolute atomic E-state index is 0.164. The Balaban J connectivity index is 1.76. The van der Waals surface area contributed by atoms with Gasteiger partial charge in [-0.05, 0) is 34.5 Å². The minimum Gasteiger partial charge on any atom is -0.480 e. The summed E-state index contributed by atoms with van der Waals surface area (Å²) in [5, 5.41) is 16.8. The Morgan fingerprint density at radius 1 is 0.929 bits per heavy atom. The summed E-state index contributed by atoms with van der Waals surface area (Å²) in [6.45, 7) is 1.37. The topological polar surface area (TPSA) is 95.5 Å². The first-order valence-electron chi connectivity index (χ1n) is 8.81. The van der Waals surface area contributed by atoms with E-state index >= 15 is 0 Å². The zero-order chi connectivity index (χ0) is 20.1. The monoisotopic (exact) mass is 376 g/mol. The lowest BCUT2D eigenvalue weighted by Gasteiger charge is -2.15. The van der Waals surface area contributed by atoms with Crippen molar-refractivity contribution in [3.63, 3.8) is 0 Å². The second kappa shape index (κ2) is 8.35. The lowest BCUT2D eigenvalue weighted by atomic mass is 10.0. The molecule has 0 unspecified atom stereocenters. The molecule has 3 rings (SSSR count). The molecular formula is C22H20N2O4. The maximum absolute atomic E-state index is 12.5. The SMILES string of the molecule is CC(=O)Nc1cccc(C(=O)N[C@@H](Cc2ccc3ccccc3c2)C(=O)O)c1. The number of rotatable bonds is 6. The van der Waals surface area contributed by atoms with Gasteiger partial charge in [0.25, 0.3) is 5.91 Å². The fourth-order valence-corrected chi connectivity index (χ4v) is 2.98. The average Bonchev–Trinajstić information content (AvgIpc) is 2.67.